The first-order valence-corrected chi connectivity index (χ1v) is 45.8. The molecule has 6 unspecified atom stereocenters. The minimum absolute atomic E-state index is 0. The van der Waals surface area contributed by atoms with Gasteiger partial charge < -0.3 is 72.5 Å². The first-order valence-electron chi connectivity index (χ1n) is 43.7. The zero-order valence-electron chi connectivity index (χ0n) is 74.2. The lowest BCUT2D eigenvalue weighted by atomic mass is 9.98. The Hall–Kier alpha value is -8.15. The van der Waals surface area contributed by atoms with Gasteiger partial charge in [0.05, 0.1) is 37.6 Å². The predicted octanol–water partition coefficient (Wildman–Crippen LogP) is 27.7. The monoisotopic (exact) mass is 1950 g/mol. The van der Waals surface area contributed by atoms with E-state index in [4.69, 9.17) is 82.5 Å². The minimum Gasteiger partial charge on any atom is -0.505 e. The molecule has 14 atom stereocenters. The Labute approximate surface area is 780 Å². The number of aromatic hydroxyl groups is 1. The van der Waals surface area contributed by atoms with Gasteiger partial charge in [0, 0.05) is 97.2 Å². The van der Waals surface area contributed by atoms with E-state index in [1.165, 1.54) is 61.9 Å². The Balaban J connectivity index is 0.000000279. The number of fused-ring (bicyclic) bond motifs is 8. The molecule has 7 aromatic carbocycles. The van der Waals surface area contributed by atoms with Crippen LogP contribution in [0.3, 0.4) is 0 Å². The molecule has 8 aliphatic heterocycles. The number of amides is 1. The Kier molecular flexibility index (Phi) is 44.5. The highest BCUT2D eigenvalue weighted by Crippen LogP contribution is 2.46. The molecule has 0 aromatic heterocycles. The van der Waals surface area contributed by atoms with Gasteiger partial charge in [0.2, 0.25) is 0 Å². The number of alkyl halides is 8. The minimum atomic E-state index is -4.69. The number of anilines is 1. The zero-order valence-corrected chi connectivity index (χ0v) is 78.0. The molecule has 1 amide bonds. The number of hydrogen-bond donors (Lipinski definition) is 2. The zero-order chi connectivity index (χ0) is 91.7. The third kappa shape index (κ3) is 33.5. The standard InChI is InChI=1S/C24H27F4NO2.C20H28ClNO4.C18H27NO2.C17H25NO2.C7H3BrF4.C7H7FO.C3H4Cl2O2.2CH4.FH.H2/c1-3-10-30-23-11-15(2)4-9-22(23)31-19-12-16-5-6-17(13-19)29(16)18-7-8-20(21(25)14-18)24(26,27)28;1-4-9-24-19-10-13(2)5-8-18(19)26-17-11-15-6-7-16(12-17)22(15)20(23)25-14(3)21;1-4-9-20-18-10-13(2)5-8-17(18)21-16-11-14-6-7-15(12-16)19(14)3;1-3-8-19-17-9-12(2)4-7-16(17)20-15-10-13-5-6-14(11-15)18-13;8-4-1-2-5(6(9)3-4)7(10,11)12;1-5-2-3-6(8)7(9)4-5;1-2(4)7-3(5)6;;;;/h4,7-9,11,14,16-17,19H,3,5-6,10,12-13H2,1-2H3;5,8,10,14-17H,4,6-7,9,11-12H2,1-3H3;5,8,10,14-16H,4,6-7,9,11-12H2,1-3H3;4,7,9,13-15,18H,3,5-6,8,10-11H2,1-2H3;1-3H;2-4,9H,1H3;2H,1H3;2*1H4;2*1H/t16-,17+,19?;14?,15-,16+,17?;14-,15+,16?;13-,14+,15?;;;;;;;/i;;;;;;;;;;1+1. The second kappa shape index (κ2) is 52.3. The summed E-state index contributed by atoms with van der Waals surface area (Å²) in [6.45, 7) is 24.4. The third-order valence-corrected chi connectivity index (χ3v) is 23.7. The molecule has 15 rings (SSSR count). The molecule has 8 fully saturated rings. The summed E-state index contributed by atoms with van der Waals surface area (Å²) in [6.07, 6.45) is 11.7. The number of nitrogens with one attached hydrogen (secondary N) is 1. The van der Waals surface area contributed by atoms with Crippen LogP contribution in [0.5, 0.6) is 51.7 Å². The van der Waals surface area contributed by atoms with Crippen molar-refractivity contribution in [1.82, 2.24) is 15.1 Å². The molecule has 17 nitrogen and oxygen atoms in total. The molecule has 8 heterocycles. The average molecular weight is 1950 g/mol. The number of benzene rings is 7. The van der Waals surface area contributed by atoms with Crippen LogP contribution in [0.4, 0.5) is 59.5 Å². The SMILES string of the molecule is C.C.CC(Cl)OC(=O)Cl.CCCOc1cc(C)ccc1OC1C[C@H]2CC[C@@H](C1)N2.CCCOc1cc(C)ccc1OC1C[C@H]2CC[C@@H](C1)N2C.CCCOc1cc(C)ccc1OC1C[C@H]2CC[C@@H](C1)N2C(=O)OC(C)Cl.CCCOc1cc(C)ccc1OC1C[C@H]2CC[C@@H](C1)N2c1ccc(C(F)(F)F)c(F)c1.Cc1ccc(F)c(O)c1.F.Fc1cc(Br)ccc1C(F)(F)F.[2HH]. The normalized spacial score (nSPS) is 22.3. The topological polar surface area (TPSA) is 168 Å². The largest absolute Gasteiger partial charge is 0.505 e. The lowest BCUT2D eigenvalue weighted by molar-refractivity contribution is -0.140. The van der Waals surface area contributed by atoms with Crippen LogP contribution in [-0.2, 0) is 21.8 Å². The average Bonchev–Trinajstić information content (AvgIpc) is 1.61. The van der Waals surface area contributed by atoms with Gasteiger partial charge in [-0.1, -0.05) is 112 Å². The van der Waals surface area contributed by atoms with Crippen LogP contribution in [0, 0.1) is 52.1 Å². The fourth-order valence-corrected chi connectivity index (χ4v) is 17.8. The number of carbonyl (C=O) groups is 2. The number of carbonyl (C=O) groups excluding carboxylic acids is 2. The summed E-state index contributed by atoms with van der Waals surface area (Å²) < 4.78 is 172. The number of halogens is 14. The highest BCUT2D eigenvalue weighted by molar-refractivity contribution is 9.10. The van der Waals surface area contributed by atoms with E-state index in [1.807, 2.05) is 62.1 Å². The second-order valence-corrected chi connectivity index (χ2v) is 35.8. The first kappa shape index (κ1) is 110. The van der Waals surface area contributed by atoms with Crippen LogP contribution >= 0.6 is 50.7 Å². The molecule has 0 radical (unpaired) electrons. The lowest BCUT2D eigenvalue weighted by Crippen LogP contribution is -2.49. The Morgan fingerprint density at radius 3 is 1.10 bits per heavy atom. The summed E-state index contributed by atoms with van der Waals surface area (Å²) in [5.74, 6) is 3.35. The predicted molar refractivity (Wildman–Crippen MR) is 496 cm³/mol. The van der Waals surface area contributed by atoms with Crippen molar-refractivity contribution in [2.45, 2.75) is 316 Å². The number of aryl methyl sites for hydroxylation is 5. The van der Waals surface area contributed by atoms with Gasteiger partial charge in [-0.25, -0.2) is 22.8 Å². The summed E-state index contributed by atoms with van der Waals surface area (Å²) in [6, 6.07) is 37.8. The summed E-state index contributed by atoms with van der Waals surface area (Å²) in [5, 5.41) is 12.4. The van der Waals surface area contributed by atoms with E-state index in [9.17, 15) is 49.1 Å². The highest BCUT2D eigenvalue weighted by Gasteiger charge is 2.47. The maximum absolute atomic E-state index is 14.1. The van der Waals surface area contributed by atoms with Gasteiger partial charge in [0.25, 0.3) is 0 Å². The van der Waals surface area contributed by atoms with E-state index in [0.29, 0.717) is 61.3 Å². The molecule has 31 heteroatoms. The number of ether oxygens (including phenoxy) is 10. The first-order chi connectivity index (χ1) is 59.9. The van der Waals surface area contributed by atoms with E-state index >= 15 is 0 Å². The van der Waals surface area contributed by atoms with E-state index in [0.717, 1.165) is 203 Å². The quantitative estimate of drug-likeness (QED) is 0.0352. The number of hydrogen-bond acceptors (Lipinski definition) is 16. The maximum atomic E-state index is 14.1. The van der Waals surface area contributed by atoms with E-state index in [2.05, 4.69) is 114 Å². The fourth-order valence-electron chi connectivity index (χ4n) is 17.2. The number of nitrogens with zero attached hydrogens (tertiary/aromatic N) is 3. The van der Waals surface area contributed by atoms with Crippen LogP contribution in [0.15, 0.2) is 132 Å². The molecule has 0 aliphatic carbocycles. The molecule has 8 bridgehead atoms. The van der Waals surface area contributed by atoms with Gasteiger partial charge in [0.15, 0.2) is 68.7 Å². The molecule has 2 N–H and O–H groups in total. The number of rotatable bonds is 23. The van der Waals surface area contributed by atoms with E-state index in [1.54, 1.807) is 19.9 Å². The van der Waals surface area contributed by atoms with Crippen molar-refractivity contribution in [3.63, 3.8) is 0 Å². The van der Waals surface area contributed by atoms with Crippen LogP contribution in [0.2, 0.25) is 0 Å². The molecule has 0 saturated carbocycles. The van der Waals surface area contributed by atoms with Crippen LogP contribution < -0.4 is 48.1 Å². The van der Waals surface area contributed by atoms with Crippen molar-refractivity contribution < 1.29 is 108 Å². The molecule has 8 saturated heterocycles. The van der Waals surface area contributed by atoms with Crippen molar-refractivity contribution in [3.05, 3.63) is 188 Å². The molecule has 0 spiro atoms. The second-order valence-electron chi connectivity index (χ2n) is 33.4. The smallest absolute Gasteiger partial charge is 0.419 e. The Morgan fingerprint density at radius 2 is 0.775 bits per heavy atom. The van der Waals surface area contributed by atoms with Crippen LogP contribution in [0.1, 0.15) is 225 Å². The number of phenols is 1. The fraction of sp³-hybridized carbons (Fsp3) is 0.551. The third-order valence-electron chi connectivity index (χ3n) is 22.9. The van der Waals surface area contributed by atoms with E-state index in [-0.39, 0.29) is 73.7 Å². The molecular formula is C98H132BrCl3F10N4O13. The summed E-state index contributed by atoms with van der Waals surface area (Å²) >= 11 is 18.5. The van der Waals surface area contributed by atoms with Crippen molar-refractivity contribution in [2.75, 3.05) is 38.4 Å². The molecule has 129 heavy (non-hydrogen) atoms. The maximum Gasteiger partial charge on any atom is 0.419 e. The van der Waals surface area contributed by atoms with Crippen molar-refractivity contribution in [1.29, 1.82) is 0 Å². The van der Waals surface area contributed by atoms with Gasteiger partial charge in [-0.2, -0.15) is 26.3 Å². The van der Waals surface area contributed by atoms with Gasteiger partial charge in [-0.05, 0) is 283 Å². The van der Waals surface area contributed by atoms with E-state index < -0.39 is 57.5 Å². The number of phenolic OH excluding ortho intramolecular Hbond substituents is 1. The highest BCUT2D eigenvalue weighted by atomic mass is 79.9. The molecular weight excluding hydrogens is 1820 g/mol. The van der Waals surface area contributed by atoms with Gasteiger partial charge in [-0.3, -0.25) is 4.70 Å². The Bertz CT molecular complexity index is 4580. The van der Waals surface area contributed by atoms with Crippen LogP contribution in [0.25, 0.3) is 0 Å². The van der Waals surface area contributed by atoms with Crippen molar-refractivity contribution in [2.24, 2.45) is 0 Å². The molecule has 720 valence electrons. The molecule has 8 aliphatic rings. The number of piperidine rings is 4. The summed E-state index contributed by atoms with van der Waals surface area (Å²) in [4.78, 5) is 28.5. The van der Waals surface area contributed by atoms with Crippen LogP contribution in [-0.4, -0.2) is 144 Å². The van der Waals surface area contributed by atoms with Crippen molar-refractivity contribution >= 4 is 67.9 Å². The summed E-state index contributed by atoms with van der Waals surface area (Å²) in [5.41, 5.74) is 1.47. The Morgan fingerprint density at radius 1 is 0.450 bits per heavy atom. The van der Waals surface area contributed by atoms with Gasteiger partial charge in [-0.15, -0.1) is 0 Å². The van der Waals surface area contributed by atoms with Gasteiger partial charge >= 0.3 is 23.9 Å². The lowest BCUT2D eigenvalue weighted by Gasteiger charge is -2.40. The van der Waals surface area contributed by atoms with Gasteiger partial charge in [0.1, 0.15) is 36.1 Å². The molecule has 7 aromatic rings. The summed E-state index contributed by atoms with van der Waals surface area (Å²) in [7, 11) is 2.26. The van der Waals surface area contributed by atoms with Crippen molar-refractivity contribution in [3.8, 4) is 51.7 Å².